The monoisotopic (exact) mass is 610 g/mol. The molecule has 240 valence electrons. The van der Waals surface area contributed by atoms with E-state index in [9.17, 15) is 19.7 Å². The number of nitrogens with two attached hydrogens (primary N) is 1. The van der Waals surface area contributed by atoms with Crippen LogP contribution in [-0.4, -0.2) is 60.2 Å². The summed E-state index contributed by atoms with van der Waals surface area (Å²) in [5.74, 6) is -0.261. The molecule has 0 aromatic heterocycles. The highest BCUT2D eigenvalue weighted by Gasteiger charge is 2.68. The van der Waals surface area contributed by atoms with Gasteiger partial charge >= 0.3 is 7.12 Å². The van der Waals surface area contributed by atoms with Gasteiger partial charge in [0, 0.05) is 12.6 Å². The number of guanidine groups is 1. The molecular weight excluding hydrogens is 563 g/mol. The van der Waals surface area contributed by atoms with Gasteiger partial charge in [-0.1, -0.05) is 62.9 Å². The van der Waals surface area contributed by atoms with Gasteiger partial charge in [-0.25, -0.2) is 15.1 Å². The molecular formula is C31H47BN6O6. The van der Waals surface area contributed by atoms with Crippen molar-refractivity contribution in [3.05, 3.63) is 51.6 Å². The van der Waals surface area contributed by atoms with Gasteiger partial charge in [0.25, 0.3) is 5.96 Å². The number of benzene rings is 1. The molecule has 6 atom stereocenters. The standard InChI is InChI=1S/C31H47BN6O6/c1-19(2)16-26(32-43-25-18-22-17-24(30(22,4)5)31(25,6)44-32)36-28(40)23(8-7-15-34-29(33)37-38(41)42)35-27(39)14-13-21-11-9-20(3)10-12-21/h9-14,19,22-26H,7-8,15-18H2,1-6H3,(H,35,39)(H,36,40)(H3,33,34,37)/b14-13+/t22-,23-,24-,25+,26-,31-/m0/s1. The van der Waals surface area contributed by atoms with Gasteiger partial charge in [-0.2, -0.15) is 0 Å². The maximum atomic E-state index is 13.8. The fourth-order valence-corrected chi connectivity index (χ4v) is 7.06. The number of hydrogen-bond donors (Lipinski definition) is 4. The van der Waals surface area contributed by atoms with Gasteiger partial charge in [0.15, 0.2) is 5.03 Å². The van der Waals surface area contributed by atoms with E-state index in [0.717, 1.165) is 24.0 Å². The summed E-state index contributed by atoms with van der Waals surface area (Å²) in [6.45, 7) is 13.1. The number of hydrogen-bond acceptors (Lipinski definition) is 7. The van der Waals surface area contributed by atoms with E-state index >= 15 is 0 Å². The lowest BCUT2D eigenvalue weighted by atomic mass is 9.43. The van der Waals surface area contributed by atoms with Gasteiger partial charge in [-0.05, 0) is 80.8 Å². The molecule has 1 aliphatic heterocycles. The number of aryl methyl sites for hydroxylation is 1. The zero-order valence-electron chi connectivity index (χ0n) is 26.7. The first-order chi connectivity index (χ1) is 20.7. The topological polar surface area (TPSA) is 170 Å². The number of nitrogens with zero attached hydrogens (tertiary/aromatic N) is 2. The summed E-state index contributed by atoms with van der Waals surface area (Å²) in [5.41, 5.74) is 9.07. The number of nitro groups is 1. The average Bonchev–Trinajstić information content (AvgIpc) is 3.30. The molecule has 3 saturated carbocycles. The normalized spacial score (nSPS) is 26.9. The van der Waals surface area contributed by atoms with Crippen molar-refractivity contribution in [2.24, 2.45) is 33.9 Å². The number of rotatable bonds is 13. The second-order valence-corrected chi connectivity index (χ2v) is 13.7. The van der Waals surface area contributed by atoms with Gasteiger partial charge in [-0.15, -0.1) is 0 Å². The Labute approximate surface area is 260 Å². The molecule has 1 aromatic rings. The van der Waals surface area contributed by atoms with E-state index in [0.29, 0.717) is 24.7 Å². The molecule has 5 N–H and O–H groups in total. The van der Waals surface area contributed by atoms with E-state index in [1.807, 2.05) is 31.2 Å². The van der Waals surface area contributed by atoms with Gasteiger partial charge in [0.2, 0.25) is 11.8 Å². The summed E-state index contributed by atoms with van der Waals surface area (Å²) >= 11 is 0. The lowest BCUT2D eigenvalue weighted by Crippen LogP contribution is -2.65. The number of aliphatic imine (C=N–C) groups is 1. The Balaban J connectivity index is 1.45. The number of carbonyl (C=O) groups is 2. The lowest BCUT2D eigenvalue weighted by molar-refractivity contribution is -0.525. The second kappa shape index (κ2) is 13.7. The zero-order valence-corrected chi connectivity index (χ0v) is 26.7. The maximum Gasteiger partial charge on any atom is 0.481 e. The maximum absolute atomic E-state index is 13.8. The van der Waals surface area contributed by atoms with Crippen LogP contribution >= 0.6 is 0 Å². The highest BCUT2D eigenvalue weighted by molar-refractivity contribution is 6.48. The van der Waals surface area contributed by atoms with Gasteiger partial charge in [0.05, 0.1) is 17.6 Å². The summed E-state index contributed by atoms with van der Waals surface area (Å²) in [6, 6.07) is 6.84. The van der Waals surface area contributed by atoms with E-state index in [1.165, 1.54) is 6.08 Å². The molecule has 1 heterocycles. The van der Waals surface area contributed by atoms with Crippen LogP contribution in [0.15, 0.2) is 35.3 Å². The number of amides is 2. The summed E-state index contributed by atoms with van der Waals surface area (Å²) in [7, 11) is -0.595. The van der Waals surface area contributed by atoms with Crippen molar-refractivity contribution in [3.8, 4) is 0 Å². The molecule has 0 spiro atoms. The van der Waals surface area contributed by atoms with Crippen LogP contribution in [0.3, 0.4) is 0 Å². The third-order valence-electron chi connectivity index (χ3n) is 9.63. The van der Waals surface area contributed by atoms with Crippen LogP contribution < -0.4 is 21.8 Å². The fraction of sp³-hybridized carbons (Fsp3) is 0.645. The van der Waals surface area contributed by atoms with Crippen LogP contribution in [0.4, 0.5) is 0 Å². The molecule has 12 nitrogen and oxygen atoms in total. The van der Waals surface area contributed by atoms with Gasteiger partial charge in [0.1, 0.15) is 6.04 Å². The van der Waals surface area contributed by atoms with Crippen molar-refractivity contribution in [1.29, 1.82) is 0 Å². The minimum absolute atomic E-state index is 0.0191. The van der Waals surface area contributed by atoms with Gasteiger partial charge < -0.3 is 25.7 Å². The van der Waals surface area contributed by atoms with E-state index in [-0.39, 0.29) is 42.3 Å². The minimum Gasteiger partial charge on any atom is -0.404 e. The average molecular weight is 611 g/mol. The number of carbonyl (C=O) groups excluding carboxylic acids is 2. The lowest BCUT2D eigenvalue weighted by Gasteiger charge is -2.64. The quantitative estimate of drug-likeness (QED) is 0.0502. The Hall–Kier alpha value is -3.45. The highest BCUT2D eigenvalue weighted by Crippen LogP contribution is 2.65. The summed E-state index contributed by atoms with van der Waals surface area (Å²) in [5, 5.41) is 15.8. The zero-order chi connectivity index (χ0) is 32.2. The Morgan fingerprint density at radius 1 is 1.20 bits per heavy atom. The molecule has 4 aliphatic rings. The largest absolute Gasteiger partial charge is 0.481 e. The molecule has 2 amide bonds. The first-order valence-corrected chi connectivity index (χ1v) is 15.6. The summed E-state index contributed by atoms with van der Waals surface area (Å²) in [6.07, 6.45) is 6.37. The Morgan fingerprint density at radius 3 is 2.55 bits per heavy atom. The van der Waals surface area contributed by atoms with Crippen molar-refractivity contribution in [3.63, 3.8) is 0 Å². The number of nitrogens with one attached hydrogen (secondary N) is 3. The third-order valence-corrected chi connectivity index (χ3v) is 9.63. The minimum atomic E-state index is -0.884. The van der Waals surface area contributed by atoms with Crippen molar-refractivity contribution in [2.45, 2.75) is 97.3 Å². The predicted octanol–water partition coefficient (Wildman–Crippen LogP) is 3.17. The predicted molar refractivity (Wildman–Crippen MR) is 169 cm³/mol. The van der Waals surface area contributed by atoms with Gasteiger partial charge in [-0.3, -0.25) is 9.59 Å². The van der Waals surface area contributed by atoms with E-state index < -0.39 is 35.6 Å². The molecule has 2 bridgehead atoms. The van der Waals surface area contributed by atoms with E-state index in [1.54, 1.807) is 11.5 Å². The van der Waals surface area contributed by atoms with Crippen molar-refractivity contribution in [1.82, 2.24) is 16.1 Å². The van der Waals surface area contributed by atoms with Crippen LogP contribution in [-0.2, 0) is 18.9 Å². The first kappa shape index (κ1) is 33.4. The molecule has 4 fully saturated rings. The van der Waals surface area contributed by atoms with Crippen LogP contribution in [0, 0.1) is 40.2 Å². The van der Waals surface area contributed by atoms with Crippen LogP contribution in [0.2, 0.25) is 0 Å². The van der Waals surface area contributed by atoms with Crippen LogP contribution in [0.25, 0.3) is 6.08 Å². The molecule has 1 aromatic carbocycles. The Morgan fingerprint density at radius 2 is 1.91 bits per heavy atom. The molecule has 0 radical (unpaired) electrons. The Bertz CT molecular complexity index is 1270. The SMILES string of the molecule is Cc1ccc(/C=C/C(=O)N[C@@H](CCCN=C(N)N[N+](=O)[O-])C(=O)N[C@@H](CC(C)C)B2O[C@@H]3C[C@@H]4C[C@@H](C4(C)C)[C@]3(C)O2)cc1. The second-order valence-electron chi connectivity index (χ2n) is 13.7. The molecule has 5 rings (SSSR count). The molecule has 1 saturated heterocycles. The highest BCUT2D eigenvalue weighted by atomic mass is 16.7. The molecule has 13 heteroatoms. The molecule has 0 unspecified atom stereocenters. The summed E-state index contributed by atoms with van der Waals surface area (Å²) in [4.78, 5) is 41.2. The third kappa shape index (κ3) is 7.79. The summed E-state index contributed by atoms with van der Waals surface area (Å²) < 4.78 is 13.2. The molecule has 3 aliphatic carbocycles. The van der Waals surface area contributed by atoms with E-state index in [4.69, 9.17) is 15.0 Å². The van der Waals surface area contributed by atoms with Crippen LogP contribution in [0.5, 0.6) is 0 Å². The number of hydrazine groups is 1. The van der Waals surface area contributed by atoms with Crippen molar-refractivity contribution >= 4 is 31.0 Å². The molecule has 44 heavy (non-hydrogen) atoms. The Kier molecular flexibility index (Phi) is 10.4. The smallest absolute Gasteiger partial charge is 0.404 e. The van der Waals surface area contributed by atoms with Crippen LogP contribution in [0.1, 0.15) is 77.8 Å². The fourth-order valence-electron chi connectivity index (χ4n) is 7.06. The first-order valence-electron chi connectivity index (χ1n) is 15.6. The van der Waals surface area contributed by atoms with Crippen molar-refractivity contribution < 1.29 is 23.9 Å². The van der Waals surface area contributed by atoms with E-state index in [2.05, 4.69) is 50.2 Å². The van der Waals surface area contributed by atoms with Crippen molar-refractivity contribution in [2.75, 3.05) is 6.54 Å².